The van der Waals surface area contributed by atoms with E-state index in [9.17, 15) is 18.0 Å². The number of fused-ring (bicyclic) bond motifs is 1. The minimum atomic E-state index is -4.45. The lowest BCUT2D eigenvalue weighted by Gasteiger charge is -2.35. The number of urea groups is 1. The minimum Gasteiger partial charge on any atom is -0.395 e. The van der Waals surface area contributed by atoms with Gasteiger partial charge in [0.25, 0.3) is 0 Å². The van der Waals surface area contributed by atoms with Gasteiger partial charge in [-0.15, -0.1) is 0 Å². The molecule has 2 N–H and O–H groups in total. The lowest BCUT2D eigenvalue weighted by Crippen LogP contribution is -2.47. The number of rotatable bonds is 4. The molecule has 1 aromatic carbocycles. The molecule has 0 fully saturated rings. The van der Waals surface area contributed by atoms with Crippen LogP contribution in [0.5, 0.6) is 0 Å². The molecule has 1 aromatic rings. The molecule has 0 radical (unpaired) electrons. The predicted octanol–water partition coefficient (Wildman–Crippen LogP) is 2.63. The topological polar surface area (TPSA) is 52.6 Å². The van der Waals surface area contributed by atoms with Crippen LogP contribution < -0.4 is 5.32 Å². The zero-order valence-electron chi connectivity index (χ0n) is 12.1. The minimum absolute atomic E-state index is 0.00267. The van der Waals surface area contributed by atoms with Crippen LogP contribution in [0.4, 0.5) is 18.0 Å². The molecule has 2 amide bonds. The number of carbonyl (C=O) groups is 1. The SMILES string of the molecule is O=C(NCC(F)(F)F)N(CCO)C1CCCc2ccccc21. The summed E-state index contributed by atoms with van der Waals surface area (Å²) in [5, 5.41) is 11.0. The molecule has 0 heterocycles. The number of carbonyl (C=O) groups excluding carboxylic acids is 1. The molecule has 22 heavy (non-hydrogen) atoms. The van der Waals surface area contributed by atoms with E-state index in [1.165, 1.54) is 4.90 Å². The number of hydrogen-bond donors (Lipinski definition) is 2. The molecule has 122 valence electrons. The number of hydrogen-bond acceptors (Lipinski definition) is 2. The van der Waals surface area contributed by atoms with Crippen LogP contribution in [0.15, 0.2) is 24.3 Å². The van der Waals surface area contributed by atoms with Gasteiger partial charge < -0.3 is 15.3 Å². The fourth-order valence-corrected chi connectivity index (χ4v) is 2.84. The lowest BCUT2D eigenvalue weighted by molar-refractivity contribution is -0.123. The quantitative estimate of drug-likeness (QED) is 0.897. The summed E-state index contributed by atoms with van der Waals surface area (Å²) < 4.78 is 36.8. The van der Waals surface area contributed by atoms with Crippen LogP contribution in [-0.2, 0) is 6.42 Å². The molecule has 0 spiro atoms. The van der Waals surface area contributed by atoms with Crippen LogP contribution in [0, 0.1) is 0 Å². The second kappa shape index (κ2) is 7.00. The van der Waals surface area contributed by atoms with E-state index in [2.05, 4.69) is 0 Å². The first-order valence-corrected chi connectivity index (χ1v) is 7.22. The van der Waals surface area contributed by atoms with Gasteiger partial charge in [0.2, 0.25) is 0 Å². The van der Waals surface area contributed by atoms with Crippen LogP contribution in [0.2, 0.25) is 0 Å². The Hall–Kier alpha value is -1.76. The van der Waals surface area contributed by atoms with Crippen molar-refractivity contribution in [2.45, 2.75) is 31.5 Å². The molecule has 1 atom stereocenters. The summed E-state index contributed by atoms with van der Waals surface area (Å²) in [7, 11) is 0. The highest BCUT2D eigenvalue weighted by Gasteiger charge is 2.32. The highest BCUT2D eigenvalue weighted by atomic mass is 19.4. The number of amides is 2. The van der Waals surface area contributed by atoms with E-state index in [0.29, 0.717) is 6.42 Å². The Bertz CT molecular complexity index is 520. The highest BCUT2D eigenvalue weighted by molar-refractivity contribution is 5.75. The number of nitrogens with zero attached hydrogens (tertiary/aromatic N) is 1. The van der Waals surface area contributed by atoms with E-state index >= 15 is 0 Å². The number of aliphatic hydroxyl groups is 1. The maximum atomic E-state index is 12.3. The van der Waals surface area contributed by atoms with Crippen molar-refractivity contribution in [3.63, 3.8) is 0 Å². The van der Waals surface area contributed by atoms with Gasteiger partial charge >= 0.3 is 12.2 Å². The third kappa shape index (κ3) is 4.13. The molecule has 0 aliphatic heterocycles. The zero-order valence-corrected chi connectivity index (χ0v) is 12.1. The molecule has 4 nitrogen and oxygen atoms in total. The average molecular weight is 316 g/mol. The average Bonchev–Trinajstić information content (AvgIpc) is 2.49. The third-order valence-corrected chi connectivity index (χ3v) is 3.76. The van der Waals surface area contributed by atoms with Crippen molar-refractivity contribution < 1.29 is 23.1 Å². The summed E-state index contributed by atoms with van der Waals surface area (Å²) in [6.45, 7) is -1.66. The van der Waals surface area contributed by atoms with E-state index in [1.54, 1.807) is 0 Å². The molecule has 1 aliphatic carbocycles. The summed E-state index contributed by atoms with van der Waals surface area (Å²) in [4.78, 5) is 13.4. The van der Waals surface area contributed by atoms with E-state index < -0.39 is 18.8 Å². The Kier molecular flexibility index (Phi) is 5.28. The lowest BCUT2D eigenvalue weighted by atomic mass is 9.87. The fourth-order valence-electron chi connectivity index (χ4n) is 2.84. The van der Waals surface area contributed by atoms with Gasteiger partial charge in [0, 0.05) is 6.54 Å². The largest absolute Gasteiger partial charge is 0.405 e. The van der Waals surface area contributed by atoms with Crippen LogP contribution >= 0.6 is 0 Å². The van der Waals surface area contributed by atoms with Crippen LogP contribution in [0.3, 0.4) is 0 Å². The van der Waals surface area contributed by atoms with Crippen molar-refractivity contribution in [3.8, 4) is 0 Å². The van der Waals surface area contributed by atoms with Crippen LogP contribution in [-0.4, -0.2) is 41.9 Å². The Morgan fingerprint density at radius 2 is 2.09 bits per heavy atom. The number of aryl methyl sites for hydroxylation is 1. The molecular formula is C15H19F3N2O2. The fraction of sp³-hybridized carbons (Fsp3) is 0.533. The Balaban J connectivity index is 2.16. The summed E-state index contributed by atoms with van der Waals surface area (Å²) in [6.07, 6.45) is -2.03. The van der Waals surface area contributed by atoms with Gasteiger partial charge in [-0.3, -0.25) is 0 Å². The smallest absolute Gasteiger partial charge is 0.395 e. The van der Waals surface area contributed by atoms with E-state index in [4.69, 9.17) is 5.11 Å². The van der Waals surface area contributed by atoms with E-state index in [-0.39, 0.29) is 19.2 Å². The van der Waals surface area contributed by atoms with Gasteiger partial charge in [0.05, 0.1) is 12.6 Å². The van der Waals surface area contributed by atoms with Gasteiger partial charge in [0.15, 0.2) is 0 Å². The number of benzene rings is 1. The number of aliphatic hydroxyl groups excluding tert-OH is 1. The van der Waals surface area contributed by atoms with E-state index in [0.717, 1.165) is 24.0 Å². The van der Waals surface area contributed by atoms with E-state index in [1.807, 2.05) is 29.6 Å². The highest BCUT2D eigenvalue weighted by Crippen LogP contribution is 2.34. The normalized spacial score (nSPS) is 17.7. The van der Waals surface area contributed by atoms with Gasteiger partial charge in [-0.05, 0) is 30.4 Å². The molecule has 0 aromatic heterocycles. The summed E-state index contributed by atoms with van der Waals surface area (Å²) in [6, 6.07) is 6.51. The standard InChI is InChI=1S/C15H19F3N2O2/c16-15(17,18)10-19-14(22)20(8-9-21)13-7-3-5-11-4-1-2-6-12(11)13/h1-2,4,6,13,21H,3,5,7-10H2,(H,19,22). The number of nitrogens with one attached hydrogen (secondary N) is 1. The second-order valence-electron chi connectivity index (χ2n) is 5.30. The molecule has 0 bridgehead atoms. The first-order chi connectivity index (χ1) is 10.4. The Morgan fingerprint density at radius 3 is 2.77 bits per heavy atom. The van der Waals surface area contributed by atoms with Crippen LogP contribution in [0.1, 0.15) is 30.0 Å². The molecule has 1 aliphatic rings. The molecule has 0 saturated carbocycles. The summed E-state index contributed by atoms with van der Waals surface area (Å²) in [5.74, 6) is 0. The summed E-state index contributed by atoms with van der Waals surface area (Å²) >= 11 is 0. The van der Waals surface area contributed by atoms with Crippen molar-refractivity contribution in [3.05, 3.63) is 35.4 Å². The van der Waals surface area contributed by atoms with Crippen molar-refractivity contribution in [2.24, 2.45) is 0 Å². The van der Waals surface area contributed by atoms with Gasteiger partial charge in [-0.1, -0.05) is 24.3 Å². The molecule has 0 saturated heterocycles. The van der Waals surface area contributed by atoms with Gasteiger partial charge in [-0.25, -0.2) is 4.79 Å². The van der Waals surface area contributed by atoms with Crippen LogP contribution in [0.25, 0.3) is 0 Å². The number of halogens is 3. The second-order valence-corrected chi connectivity index (χ2v) is 5.30. The zero-order chi connectivity index (χ0) is 16.2. The molecule has 1 unspecified atom stereocenters. The molecule has 7 heteroatoms. The number of alkyl halides is 3. The first-order valence-electron chi connectivity index (χ1n) is 7.22. The van der Waals surface area contributed by atoms with Crippen molar-refractivity contribution in [2.75, 3.05) is 19.7 Å². The predicted molar refractivity (Wildman–Crippen MR) is 75.4 cm³/mol. The monoisotopic (exact) mass is 316 g/mol. The summed E-state index contributed by atoms with van der Waals surface area (Å²) in [5.41, 5.74) is 2.05. The van der Waals surface area contributed by atoms with Crippen molar-refractivity contribution in [1.82, 2.24) is 10.2 Å². The Labute approximate surface area is 126 Å². The molecular weight excluding hydrogens is 297 g/mol. The van der Waals surface area contributed by atoms with Crippen molar-refractivity contribution in [1.29, 1.82) is 0 Å². The van der Waals surface area contributed by atoms with Crippen molar-refractivity contribution >= 4 is 6.03 Å². The third-order valence-electron chi connectivity index (χ3n) is 3.76. The maximum Gasteiger partial charge on any atom is 0.405 e. The Morgan fingerprint density at radius 1 is 1.36 bits per heavy atom. The maximum absolute atomic E-state index is 12.3. The van der Waals surface area contributed by atoms with Gasteiger partial charge in [-0.2, -0.15) is 13.2 Å². The first kappa shape index (κ1) is 16.6. The molecule has 2 rings (SSSR count). The van der Waals surface area contributed by atoms with Gasteiger partial charge in [0.1, 0.15) is 6.54 Å².